The fourth-order valence-corrected chi connectivity index (χ4v) is 3.49. The highest BCUT2D eigenvalue weighted by Crippen LogP contribution is 2.33. The van der Waals surface area contributed by atoms with Crippen LogP contribution in [0.5, 0.6) is 0 Å². The first-order valence-corrected chi connectivity index (χ1v) is 7.11. The number of nitrogens with one attached hydrogen (secondary N) is 1. The maximum atomic E-state index is 12.5. The van der Waals surface area contributed by atoms with Crippen LogP contribution >= 0.6 is 11.3 Å². The minimum atomic E-state index is -0.230. The number of aromatic nitrogens is 1. The predicted octanol–water partition coefficient (Wildman–Crippen LogP) is 2.20. The zero-order valence-corrected chi connectivity index (χ0v) is 11.4. The SMILES string of the molecule is CC1c2ccsc2CCN1C(=O)c1c[nH]ccc1=O. The van der Waals surface area contributed by atoms with Crippen LogP contribution in [0.1, 0.15) is 33.8 Å². The first-order chi connectivity index (χ1) is 9.18. The van der Waals surface area contributed by atoms with Crippen LogP contribution < -0.4 is 5.43 Å². The molecular weight excluding hydrogens is 260 g/mol. The van der Waals surface area contributed by atoms with Crippen molar-refractivity contribution in [2.75, 3.05) is 6.54 Å². The van der Waals surface area contributed by atoms with Gasteiger partial charge in [0.2, 0.25) is 0 Å². The van der Waals surface area contributed by atoms with Gasteiger partial charge in [0, 0.05) is 29.9 Å². The van der Waals surface area contributed by atoms with E-state index in [1.165, 1.54) is 28.9 Å². The zero-order chi connectivity index (χ0) is 13.4. The monoisotopic (exact) mass is 274 g/mol. The molecule has 0 saturated heterocycles. The molecule has 2 aromatic rings. The van der Waals surface area contributed by atoms with Crippen LogP contribution in [0.3, 0.4) is 0 Å². The molecule has 0 aliphatic carbocycles. The molecule has 0 spiro atoms. The quantitative estimate of drug-likeness (QED) is 0.866. The Balaban J connectivity index is 1.94. The van der Waals surface area contributed by atoms with Crippen LogP contribution in [-0.2, 0) is 6.42 Å². The molecule has 1 aliphatic rings. The smallest absolute Gasteiger partial charge is 0.259 e. The number of H-pyrrole nitrogens is 1. The van der Waals surface area contributed by atoms with Gasteiger partial charge in [0.05, 0.1) is 6.04 Å². The zero-order valence-electron chi connectivity index (χ0n) is 10.6. The van der Waals surface area contributed by atoms with Crippen molar-refractivity contribution in [1.29, 1.82) is 0 Å². The topological polar surface area (TPSA) is 53.2 Å². The highest BCUT2D eigenvalue weighted by Gasteiger charge is 2.29. The molecule has 0 fully saturated rings. The summed E-state index contributed by atoms with van der Waals surface area (Å²) in [5.74, 6) is -0.189. The van der Waals surface area contributed by atoms with Gasteiger partial charge in [0.15, 0.2) is 5.43 Å². The van der Waals surface area contributed by atoms with Crippen LogP contribution in [0.2, 0.25) is 0 Å². The summed E-state index contributed by atoms with van der Waals surface area (Å²) < 4.78 is 0. The van der Waals surface area contributed by atoms with Crippen LogP contribution in [0.4, 0.5) is 0 Å². The lowest BCUT2D eigenvalue weighted by atomic mass is 10.0. The summed E-state index contributed by atoms with van der Waals surface area (Å²) in [7, 11) is 0. The van der Waals surface area contributed by atoms with Gasteiger partial charge >= 0.3 is 0 Å². The number of carbonyl (C=O) groups is 1. The lowest BCUT2D eigenvalue weighted by molar-refractivity contribution is 0.0677. The maximum absolute atomic E-state index is 12.5. The number of carbonyl (C=O) groups excluding carboxylic acids is 1. The summed E-state index contributed by atoms with van der Waals surface area (Å²) in [5, 5.41) is 2.06. The molecular formula is C14H14N2O2S. The Bertz CT molecular complexity index is 674. The van der Waals surface area contributed by atoms with E-state index < -0.39 is 0 Å². The van der Waals surface area contributed by atoms with E-state index in [9.17, 15) is 9.59 Å². The van der Waals surface area contributed by atoms with E-state index in [4.69, 9.17) is 0 Å². The molecule has 4 nitrogen and oxygen atoms in total. The third kappa shape index (κ3) is 2.00. The van der Waals surface area contributed by atoms with E-state index in [2.05, 4.69) is 16.4 Å². The van der Waals surface area contributed by atoms with Crippen molar-refractivity contribution in [2.24, 2.45) is 0 Å². The molecule has 0 saturated carbocycles. The predicted molar refractivity (Wildman–Crippen MR) is 74.5 cm³/mol. The standard InChI is InChI=1S/C14H14N2O2S/c1-9-10-4-7-19-13(10)3-6-16(9)14(18)11-8-15-5-2-12(11)17/h2,4-5,7-9H,3,6H2,1H3,(H,15,17). The van der Waals surface area contributed by atoms with Gasteiger partial charge in [-0.15, -0.1) is 11.3 Å². The van der Waals surface area contributed by atoms with Gasteiger partial charge in [-0.2, -0.15) is 0 Å². The Hall–Kier alpha value is -1.88. The Labute approximate surface area is 114 Å². The number of amides is 1. The average molecular weight is 274 g/mol. The summed E-state index contributed by atoms with van der Waals surface area (Å²) in [5.41, 5.74) is 1.19. The number of hydrogen-bond donors (Lipinski definition) is 1. The van der Waals surface area contributed by atoms with Crippen molar-refractivity contribution in [1.82, 2.24) is 9.88 Å². The molecule has 98 valence electrons. The minimum absolute atomic E-state index is 0.0297. The molecule has 1 unspecified atom stereocenters. The Kier molecular flexibility index (Phi) is 2.98. The molecule has 0 radical (unpaired) electrons. The molecule has 1 N–H and O–H groups in total. The second-order valence-corrected chi connectivity index (χ2v) is 5.65. The molecule has 1 atom stereocenters. The van der Waals surface area contributed by atoms with Crippen molar-refractivity contribution in [3.05, 3.63) is 56.1 Å². The Morgan fingerprint density at radius 1 is 1.47 bits per heavy atom. The molecule has 1 amide bonds. The first-order valence-electron chi connectivity index (χ1n) is 6.23. The van der Waals surface area contributed by atoms with Crippen molar-refractivity contribution in [2.45, 2.75) is 19.4 Å². The third-order valence-electron chi connectivity index (χ3n) is 3.59. The molecule has 19 heavy (non-hydrogen) atoms. The van der Waals surface area contributed by atoms with E-state index in [1.807, 2.05) is 6.92 Å². The number of aromatic amines is 1. The molecule has 5 heteroatoms. The lowest BCUT2D eigenvalue weighted by Gasteiger charge is -2.33. The van der Waals surface area contributed by atoms with Crippen LogP contribution in [0.25, 0.3) is 0 Å². The minimum Gasteiger partial charge on any atom is -0.367 e. The summed E-state index contributed by atoms with van der Waals surface area (Å²) in [6, 6.07) is 3.49. The van der Waals surface area contributed by atoms with E-state index in [1.54, 1.807) is 16.2 Å². The van der Waals surface area contributed by atoms with E-state index in [0.29, 0.717) is 6.54 Å². The number of hydrogen-bond acceptors (Lipinski definition) is 3. The van der Waals surface area contributed by atoms with Crippen molar-refractivity contribution >= 4 is 17.2 Å². The molecule has 2 aromatic heterocycles. The van der Waals surface area contributed by atoms with Gasteiger partial charge in [0.25, 0.3) is 5.91 Å². The Morgan fingerprint density at radius 2 is 2.32 bits per heavy atom. The molecule has 1 aliphatic heterocycles. The maximum Gasteiger partial charge on any atom is 0.259 e. The van der Waals surface area contributed by atoms with E-state index >= 15 is 0 Å². The van der Waals surface area contributed by atoms with Gasteiger partial charge in [-0.3, -0.25) is 9.59 Å². The van der Waals surface area contributed by atoms with Gasteiger partial charge < -0.3 is 9.88 Å². The number of nitrogens with zero attached hydrogens (tertiary/aromatic N) is 1. The molecule has 3 rings (SSSR count). The lowest BCUT2D eigenvalue weighted by Crippen LogP contribution is -2.40. The van der Waals surface area contributed by atoms with Crippen molar-refractivity contribution in [3.8, 4) is 0 Å². The molecule has 0 aromatic carbocycles. The van der Waals surface area contributed by atoms with Gasteiger partial charge in [-0.05, 0) is 30.4 Å². The largest absolute Gasteiger partial charge is 0.367 e. The molecule has 0 bridgehead atoms. The van der Waals surface area contributed by atoms with Gasteiger partial charge in [0.1, 0.15) is 5.56 Å². The van der Waals surface area contributed by atoms with E-state index in [0.717, 1.165) is 6.42 Å². The normalized spacial score (nSPS) is 18.2. The highest BCUT2D eigenvalue weighted by molar-refractivity contribution is 7.10. The fourth-order valence-electron chi connectivity index (χ4n) is 2.52. The summed E-state index contributed by atoms with van der Waals surface area (Å²) in [4.78, 5) is 30.1. The van der Waals surface area contributed by atoms with Crippen LogP contribution in [-0.4, -0.2) is 22.3 Å². The first kappa shape index (κ1) is 12.2. The molecule has 3 heterocycles. The fraction of sp³-hybridized carbons (Fsp3) is 0.286. The Morgan fingerprint density at radius 3 is 3.11 bits per heavy atom. The number of pyridine rings is 1. The second-order valence-electron chi connectivity index (χ2n) is 4.65. The van der Waals surface area contributed by atoms with Crippen molar-refractivity contribution < 1.29 is 4.79 Å². The van der Waals surface area contributed by atoms with Crippen molar-refractivity contribution in [3.63, 3.8) is 0 Å². The summed E-state index contributed by atoms with van der Waals surface area (Å²) >= 11 is 1.74. The number of thiophene rings is 1. The number of fused-ring (bicyclic) bond motifs is 1. The third-order valence-corrected chi connectivity index (χ3v) is 4.59. The average Bonchev–Trinajstić information content (AvgIpc) is 2.88. The summed E-state index contributed by atoms with van der Waals surface area (Å²) in [6.45, 7) is 2.68. The summed E-state index contributed by atoms with van der Waals surface area (Å²) in [6.07, 6.45) is 3.89. The van der Waals surface area contributed by atoms with Gasteiger partial charge in [-0.1, -0.05) is 0 Å². The van der Waals surface area contributed by atoms with Crippen LogP contribution in [0.15, 0.2) is 34.7 Å². The number of rotatable bonds is 1. The van der Waals surface area contributed by atoms with E-state index in [-0.39, 0.29) is 22.9 Å². The second kappa shape index (κ2) is 4.66. The van der Waals surface area contributed by atoms with Crippen LogP contribution in [0, 0.1) is 0 Å². The van der Waals surface area contributed by atoms with Gasteiger partial charge in [-0.25, -0.2) is 0 Å². The highest BCUT2D eigenvalue weighted by atomic mass is 32.1.